The lowest BCUT2D eigenvalue weighted by atomic mass is 9.55. The molecule has 3 nitrogen and oxygen atoms in total. The predicted octanol–water partition coefficient (Wildman–Crippen LogP) is 5.65. The Hall–Kier alpha value is -2.42. The largest absolute Gasteiger partial charge is 0.427 e. The van der Waals surface area contributed by atoms with Crippen molar-refractivity contribution in [2.75, 3.05) is 0 Å². The Labute approximate surface area is 178 Å². The van der Waals surface area contributed by atoms with Gasteiger partial charge >= 0.3 is 5.97 Å². The van der Waals surface area contributed by atoms with Gasteiger partial charge in [-0.15, -0.1) is 0 Å². The predicted molar refractivity (Wildman–Crippen MR) is 116 cm³/mol. The average Bonchev–Trinajstić information content (AvgIpc) is 3.07. The van der Waals surface area contributed by atoms with Gasteiger partial charge in [0, 0.05) is 18.3 Å². The van der Waals surface area contributed by atoms with Crippen LogP contribution in [-0.4, -0.2) is 11.8 Å². The van der Waals surface area contributed by atoms with E-state index in [2.05, 4.69) is 19.1 Å². The van der Waals surface area contributed by atoms with Gasteiger partial charge in [-0.1, -0.05) is 43.3 Å². The van der Waals surface area contributed by atoms with Crippen molar-refractivity contribution in [1.29, 1.82) is 0 Å². The van der Waals surface area contributed by atoms with Crippen LogP contribution in [0.4, 0.5) is 0 Å². The van der Waals surface area contributed by atoms with E-state index in [4.69, 9.17) is 4.74 Å². The first-order valence-corrected chi connectivity index (χ1v) is 11.5. The molecule has 2 aromatic carbocycles. The summed E-state index contributed by atoms with van der Waals surface area (Å²) in [4.78, 5) is 24.8. The van der Waals surface area contributed by atoms with Crippen LogP contribution >= 0.6 is 0 Å². The molecule has 0 radical (unpaired) electrons. The zero-order valence-electron chi connectivity index (χ0n) is 17.7. The summed E-state index contributed by atoms with van der Waals surface area (Å²) in [7, 11) is 0. The Kier molecular flexibility index (Phi) is 5.00. The summed E-state index contributed by atoms with van der Waals surface area (Å²) in [6.07, 6.45) is 7.23. The first-order valence-electron chi connectivity index (χ1n) is 11.5. The third-order valence-electron chi connectivity index (χ3n) is 8.10. The summed E-state index contributed by atoms with van der Waals surface area (Å²) in [5.41, 5.74) is 3.84. The molecular weight excluding hydrogens is 372 g/mol. The molecule has 0 spiro atoms. The third-order valence-corrected chi connectivity index (χ3v) is 8.10. The van der Waals surface area contributed by atoms with Crippen LogP contribution in [0.25, 0.3) is 0 Å². The van der Waals surface area contributed by atoms with Crippen molar-refractivity contribution in [2.45, 2.75) is 64.2 Å². The van der Waals surface area contributed by atoms with Gasteiger partial charge in [0.25, 0.3) is 0 Å². The van der Waals surface area contributed by atoms with Gasteiger partial charge in [-0.25, -0.2) is 0 Å². The van der Waals surface area contributed by atoms with Crippen molar-refractivity contribution in [1.82, 2.24) is 0 Å². The molecule has 0 amide bonds. The third kappa shape index (κ3) is 3.38. The molecule has 0 bridgehead atoms. The molecule has 2 fully saturated rings. The molecule has 3 aliphatic rings. The number of fused-ring (bicyclic) bond motifs is 5. The van der Waals surface area contributed by atoms with Crippen LogP contribution < -0.4 is 4.74 Å². The van der Waals surface area contributed by atoms with Crippen molar-refractivity contribution in [2.24, 2.45) is 17.3 Å². The summed E-state index contributed by atoms with van der Waals surface area (Å²) in [5.74, 6) is 2.72. The number of hydrogen-bond donors (Lipinski definition) is 0. The molecule has 2 saturated carbocycles. The van der Waals surface area contributed by atoms with E-state index in [1.165, 1.54) is 11.1 Å². The average molecular weight is 403 g/mol. The minimum atomic E-state index is -0.176. The molecule has 0 N–H and O–H groups in total. The number of rotatable bonds is 4. The van der Waals surface area contributed by atoms with Gasteiger partial charge in [0.2, 0.25) is 0 Å². The Bertz CT molecular complexity index is 963. The monoisotopic (exact) mass is 402 g/mol. The van der Waals surface area contributed by atoms with E-state index in [0.29, 0.717) is 42.1 Å². The number of aryl methyl sites for hydroxylation is 2. The van der Waals surface area contributed by atoms with Gasteiger partial charge in [-0.3, -0.25) is 9.59 Å². The molecule has 0 aromatic heterocycles. The molecule has 0 unspecified atom stereocenters. The number of ketones is 1. The number of ether oxygens (including phenoxy) is 1. The van der Waals surface area contributed by atoms with Crippen molar-refractivity contribution in [3.8, 4) is 5.75 Å². The van der Waals surface area contributed by atoms with Crippen molar-refractivity contribution < 1.29 is 14.3 Å². The fourth-order valence-electron chi connectivity index (χ4n) is 6.47. The van der Waals surface area contributed by atoms with Crippen LogP contribution in [0.1, 0.15) is 68.1 Å². The standard InChI is InChI=1S/C27H30O3/c1-27-16-15-22-21-11-9-20(30-26(29)14-7-18-5-3-2-4-6-18)17-19(21)8-10-23(22)24(27)12-13-25(27)28/h2-6,9,11,17,22-24H,7-8,10,12-16H2,1H3/t22-,23-,24+,27+/m1/s1. The number of Topliss-reactive ketones (excluding diaryl/α,β-unsaturated/α-hetero) is 1. The summed E-state index contributed by atoms with van der Waals surface area (Å²) < 4.78 is 5.65. The second-order valence-corrected chi connectivity index (χ2v) is 9.65. The highest BCUT2D eigenvalue weighted by Gasteiger charge is 2.54. The van der Waals surface area contributed by atoms with Crippen molar-refractivity contribution in [3.05, 3.63) is 65.2 Å². The quantitative estimate of drug-likeness (QED) is 0.490. The number of carbonyl (C=O) groups excluding carboxylic acids is 2. The lowest BCUT2D eigenvalue weighted by Crippen LogP contribution is -2.42. The van der Waals surface area contributed by atoms with E-state index < -0.39 is 0 Å². The molecular formula is C27H30O3. The fourth-order valence-corrected chi connectivity index (χ4v) is 6.47. The zero-order valence-corrected chi connectivity index (χ0v) is 17.7. The molecule has 5 rings (SSSR count). The molecule has 4 atom stereocenters. The van der Waals surface area contributed by atoms with E-state index in [1.807, 2.05) is 36.4 Å². The number of carbonyl (C=O) groups is 2. The van der Waals surface area contributed by atoms with Gasteiger partial charge in [0.1, 0.15) is 11.5 Å². The number of esters is 1. The Morgan fingerprint density at radius 2 is 1.90 bits per heavy atom. The van der Waals surface area contributed by atoms with Gasteiger partial charge < -0.3 is 4.74 Å². The molecule has 0 saturated heterocycles. The van der Waals surface area contributed by atoms with Gasteiger partial charge in [-0.05, 0) is 85.1 Å². The van der Waals surface area contributed by atoms with Crippen molar-refractivity contribution >= 4 is 11.8 Å². The maximum absolute atomic E-state index is 12.5. The normalized spacial score (nSPS) is 29.6. The SMILES string of the molecule is C[C@]12CC[C@@H]3c4ccc(OC(=O)CCc5ccccc5)cc4CC[C@H]3[C@@H]1CCC2=O. The first kappa shape index (κ1) is 19.5. The highest BCUT2D eigenvalue weighted by atomic mass is 16.5. The van der Waals surface area contributed by atoms with E-state index >= 15 is 0 Å². The second-order valence-electron chi connectivity index (χ2n) is 9.65. The topological polar surface area (TPSA) is 43.4 Å². The Balaban J connectivity index is 1.27. The summed E-state index contributed by atoms with van der Waals surface area (Å²) in [5, 5.41) is 0. The summed E-state index contributed by atoms with van der Waals surface area (Å²) >= 11 is 0. The van der Waals surface area contributed by atoms with Crippen molar-refractivity contribution in [3.63, 3.8) is 0 Å². The number of hydrogen-bond acceptors (Lipinski definition) is 3. The molecule has 2 aromatic rings. The lowest BCUT2D eigenvalue weighted by Gasteiger charge is -2.48. The highest BCUT2D eigenvalue weighted by Crippen LogP contribution is 2.59. The van der Waals surface area contributed by atoms with Crippen LogP contribution in [0.5, 0.6) is 5.75 Å². The summed E-state index contributed by atoms with van der Waals surface area (Å²) in [6, 6.07) is 16.3. The second kappa shape index (κ2) is 7.68. The Morgan fingerprint density at radius 3 is 2.73 bits per heavy atom. The minimum Gasteiger partial charge on any atom is -0.427 e. The Morgan fingerprint density at radius 1 is 1.07 bits per heavy atom. The van der Waals surface area contributed by atoms with E-state index in [-0.39, 0.29) is 11.4 Å². The first-order chi connectivity index (χ1) is 14.5. The lowest BCUT2D eigenvalue weighted by molar-refractivity contribution is -0.134. The smallest absolute Gasteiger partial charge is 0.311 e. The maximum Gasteiger partial charge on any atom is 0.311 e. The maximum atomic E-state index is 12.5. The summed E-state index contributed by atoms with van der Waals surface area (Å²) in [6.45, 7) is 2.22. The fraction of sp³-hybridized carbons (Fsp3) is 0.481. The van der Waals surface area contributed by atoms with Gasteiger partial charge in [0.05, 0.1) is 0 Å². The minimum absolute atomic E-state index is 0.0765. The van der Waals surface area contributed by atoms with Crippen LogP contribution in [0.2, 0.25) is 0 Å². The molecule has 156 valence electrons. The van der Waals surface area contributed by atoms with Crippen LogP contribution in [0, 0.1) is 17.3 Å². The molecule has 0 heterocycles. The van der Waals surface area contributed by atoms with Crippen LogP contribution in [0.3, 0.4) is 0 Å². The molecule has 0 aliphatic heterocycles. The number of benzene rings is 2. The molecule has 3 heteroatoms. The van der Waals surface area contributed by atoms with Gasteiger partial charge in [0.15, 0.2) is 0 Å². The van der Waals surface area contributed by atoms with E-state index in [0.717, 1.165) is 44.1 Å². The zero-order chi connectivity index (χ0) is 20.7. The highest BCUT2D eigenvalue weighted by molar-refractivity contribution is 5.87. The van der Waals surface area contributed by atoms with Crippen LogP contribution in [-0.2, 0) is 22.4 Å². The molecule has 30 heavy (non-hydrogen) atoms. The van der Waals surface area contributed by atoms with Crippen LogP contribution in [0.15, 0.2) is 48.5 Å². The molecule has 3 aliphatic carbocycles. The van der Waals surface area contributed by atoms with Gasteiger partial charge in [-0.2, -0.15) is 0 Å². The van der Waals surface area contributed by atoms with E-state index in [9.17, 15) is 9.59 Å². The van der Waals surface area contributed by atoms with E-state index in [1.54, 1.807) is 0 Å².